The van der Waals surface area contributed by atoms with Crippen molar-refractivity contribution >= 4 is 34.8 Å². The van der Waals surface area contributed by atoms with Crippen molar-refractivity contribution in [1.29, 1.82) is 0 Å². The molecule has 8 nitrogen and oxygen atoms in total. The number of likely N-dealkylation sites (tertiary alicyclic amines) is 1. The van der Waals surface area contributed by atoms with Crippen LogP contribution in [0.2, 0.25) is 0 Å². The summed E-state index contributed by atoms with van der Waals surface area (Å²) < 4.78 is 5.33. The van der Waals surface area contributed by atoms with Crippen molar-refractivity contribution < 1.29 is 19.1 Å². The molecule has 0 radical (unpaired) electrons. The highest BCUT2D eigenvalue weighted by Crippen LogP contribution is 2.35. The number of nitrogens with zero attached hydrogens (tertiary/aromatic N) is 2. The highest BCUT2D eigenvalue weighted by atomic mass is 16.5. The first-order chi connectivity index (χ1) is 18.5. The quantitative estimate of drug-likeness (QED) is 0.518. The highest BCUT2D eigenvalue weighted by molar-refractivity contribution is 6.10. The molecular formula is C30H30N4O4. The minimum absolute atomic E-state index is 0.0991. The second-order valence-electron chi connectivity index (χ2n) is 9.25. The molecule has 8 heteroatoms. The number of anilines is 2. The lowest BCUT2D eigenvalue weighted by Gasteiger charge is -2.27. The summed E-state index contributed by atoms with van der Waals surface area (Å²) >= 11 is 0. The number of urea groups is 1. The fourth-order valence-electron chi connectivity index (χ4n) is 4.94. The van der Waals surface area contributed by atoms with E-state index in [-0.39, 0.29) is 18.4 Å². The van der Waals surface area contributed by atoms with Gasteiger partial charge < -0.3 is 25.2 Å². The van der Waals surface area contributed by atoms with Crippen molar-refractivity contribution in [2.45, 2.75) is 18.9 Å². The van der Waals surface area contributed by atoms with Gasteiger partial charge in [-0.3, -0.25) is 9.59 Å². The molecule has 1 saturated heterocycles. The zero-order valence-corrected chi connectivity index (χ0v) is 21.2. The van der Waals surface area contributed by atoms with Crippen molar-refractivity contribution in [3.05, 3.63) is 96.1 Å². The van der Waals surface area contributed by atoms with Crippen LogP contribution in [0.4, 0.5) is 16.2 Å². The average Bonchev–Trinajstić information content (AvgIpc) is 3.47. The van der Waals surface area contributed by atoms with E-state index in [2.05, 4.69) is 10.6 Å². The number of ether oxygens (including phenoxy) is 1. The van der Waals surface area contributed by atoms with Gasteiger partial charge in [-0.15, -0.1) is 0 Å². The topological polar surface area (TPSA) is 91.0 Å². The van der Waals surface area contributed by atoms with Gasteiger partial charge in [-0.2, -0.15) is 0 Å². The number of hydrogen-bond donors (Lipinski definition) is 2. The molecule has 0 aromatic heterocycles. The minimum atomic E-state index is -1.02. The summed E-state index contributed by atoms with van der Waals surface area (Å²) in [6.07, 6.45) is 3.69. The van der Waals surface area contributed by atoms with Crippen LogP contribution < -0.4 is 20.3 Å². The van der Waals surface area contributed by atoms with Gasteiger partial charge in [0.05, 0.1) is 18.5 Å². The van der Waals surface area contributed by atoms with Crippen LogP contribution >= 0.6 is 0 Å². The molecule has 5 rings (SSSR count). The lowest BCUT2D eigenvalue weighted by atomic mass is 9.95. The third kappa shape index (κ3) is 5.25. The maximum absolute atomic E-state index is 14.0. The molecule has 3 aromatic carbocycles. The molecule has 0 aliphatic carbocycles. The molecule has 0 saturated carbocycles. The molecule has 38 heavy (non-hydrogen) atoms. The van der Waals surface area contributed by atoms with Crippen LogP contribution in [0, 0.1) is 0 Å². The summed E-state index contributed by atoms with van der Waals surface area (Å²) in [5, 5.41) is 5.59. The fourth-order valence-corrected chi connectivity index (χ4v) is 4.94. The van der Waals surface area contributed by atoms with Crippen LogP contribution in [-0.2, 0) is 9.59 Å². The molecule has 4 amide bonds. The van der Waals surface area contributed by atoms with E-state index in [4.69, 9.17) is 4.74 Å². The molecule has 1 unspecified atom stereocenters. The van der Waals surface area contributed by atoms with E-state index in [1.807, 2.05) is 54.6 Å². The van der Waals surface area contributed by atoms with Crippen LogP contribution in [-0.4, -0.2) is 55.5 Å². The smallest absolute Gasteiger partial charge is 0.320 e. The largest absolute Gasteiger partial charge is 0.495 e. The molecule has 2 heterocycles. The Kier molecular flexibility index (Phi) is 7.40. The molecule has 0 spiro atoms. The third-order valence-corrected chi connectivity index (χ3v) is 6.83. The van der Waals surface area contributed by atoms with E-state index < -0.39 is 12.1 Å². The molecule has 1 atom stereocenters. The van der Waals surface area contributed by atoms with Gasteiger partial charge in [-0.05, 0) is 48.3 Å². The van der Waals surface area contributed by atoms with Crippen LogP contribution in [0.15, 0.2) is 84.9 Å². The van der Waals surface area contributed by atoms with Gasteiger partial charge in [-0.25, -0.2) is 4.79 Å². The fraction of sp³-hybridized carbons (Fsp3) is 0.233. The van der Waals surface area contributed by atoms with Crippen LogP contribution in [0.1, 0.15) is 24.0 Å². The molecule has 2 aliphatic rings. The summed E-state index contributed by atoms with van der Waals surface area (Å²) in [6, 6.07) is 22.7. The molecule has 0 bridgehead atoms. The Morgan fingerprint density at radius 3 is 2.37 bits per heavy atom. The average molecular weight is 511 g/mol. The number of fused-ring (bicyclic) bond motifs is 1. The number of nitrogens with one attached hydrogen (secondary N) is 2. The van der Waals surface area contributed by atoms with Gasteiger partial charge in [0.2, 0.25) is 5.91 Å². The molecule has 2 N–H and O–H groups in total. The van der Waals surface area contributed by atoms with Gasteiger partial charge in [0, 0.05) is 18.7 Å². The lowest BCUT2D eigenvalue weighted by Crippen LogP contribution is -2.51. The Bertz CT molecular complexity index is 1370. The summed E-state index contributed by atoms with van der Waals surface area (Å²) in [7, 11) is 1.52. The number of benzene rings is 3. The summed E-state index contributed by atoms with van der Waals surface area (Å²) in [5.74, 6) is 0.0118. The van der Waals surface area contributed by atoms with E-state index in [9.17, 15) is 14.4 Å². The highest BCUT2D eigenvalue weighted by Gasteiger charge is 2.34. The lowest BCUT2D eigenvalue weighted by molar-refractivity contribution is -0.130. The second kappa shape index (κ2) is 11.2. The summed E-state index contributed by atoms with van der Waals surface area (Å²) in [4.78, 5) is 43.6. The van der Waals surface area contributed by atoms with Gasteiger partial charge in [0.25, 0.3) is 5.91 Å². The Morgan fingerprint density at radius 1 is 0.921 bits per heavy atom. The van der Waals surface area contributed by atoms with E-state index in [1.54, 1.807) is 35.2 Å². The van der Waals surface area contributed by atoms with Gasteiger partial charge in [0.15, 0.2) is 0 Å². The van der Waals surface area contributed by atoms with Gasteiger partial charge >= 0.3 is 6.03 Å². The number of hydrogen-bond acceptors (Lipinski definition) is 4. The zero-order chi connectivity index (χ0) is 26.5. The van der Waals surface area contributed by atoms with Crippen LogP contribution in [0.3, 0.4) is 0 Å². The van der Waals surface area contributed by atoms with Crippen molar-refractivity contribution in [3.8, 4) is 5.75 Å². The normalized spacial score (nSPS) is 16.8. The van der Waals surface area contributed by atoms with E-state index in [0.29, 0.717) is 30.2 Å². The van der Waals surface area contributed by atoms with Crippen LogP contribution in [0.25, 0.3) is 5.57 Å². The SMILES string of the molecule is COc1ccccc1NC(=O)NC1C=C(c2ccccc2)c2ccccc2N(CC(=O)N2CCCC2)C1=O. The van der Waals surface area contributed by atoms with E-state index >= 15 is 0 Å². The first-order valence-corrected chi connectivity index (χ1v) is 12.7. The first kappa shape index (κ1) is 25.1. The predicted molar refractivity (Wildman–Crippen MR) is 147 cm³/mol. The Labute approximate surface area is 221 Å². The third-order valence-electron chi connectivity index (χ3n) is 6.83. The number of amides is 4. The predicted octanol–water partition coefficient (Wildman–Crippen LogP) is 4.29. The van der Waals surface area contributed by atoms with Crippen molar-refractivity contribution in [2.75, 3.05) is 37.0 Å². The number of rotatable bonds is 6. The van der Waals surface area contributed by atoms with Gasteiger partial charge in [-0.1, -0.05) is 60.7 Å². The Hall–Kier alpha value is -4.59. The molecule has 3 aromatic rings. The number of carbonyl (C=O) groups excluding carboxylic acids is 3. The van der Waals surface area contributed by atoms with Crippen molar-refractivity contribution in [1.82, 2.24) is 10.2 Å². The zero-order valence-electron chi connectivity index (χ0n) is 21.2. The first-order valence-electron chi connectivity index (χ1n) is 12.7. The van der Waals surface area contributed by atoms with Gasteiger partial charge in [0.1, 0.15) is 18.3 Å². The standard InChI is InChI=1S/C30H30N4O4/c1-38-27-16-8-6-14-24(27)31-30(37)32-25-19-23(21-11-3-2-4-12-21)22-13-5-7-15-26(22)34(29(25)36)20-28(35)33-17-9-10-18-33/h2-8,11-16,19,25H,9-10,17-18,20H2,1H3,(H2,31,32,37). The summed E-state index contributed by atoms with van der Waals surface area (Å²) in [5.41, 5.74) is 3.63. The van der Waals surface area contributed by atoms with Crippen molar-refractivity contribution in [3.63, 3.8) is 0 Å². The van der Waals surface area contributed by atoms with E-state index in [0.717, 1.165) is 29.5 Å². The second-order valence-corrected chi connectivity index (χ2v) is 9.25. The maximum Gasteiger partial charge on any atom is 0.320 e. The Morgan fingerprint density at radius 2 is 1.61 bits per heavy atom. The molecule has 194 valence electrons. The minimum Gasteiger partial charge on any atom is -0.495 e. The number of carbonyl (C=O) groups is 3. The molecule has 1 fully saturated rings. The number of methoxy groups -OCH3 is 1. The number of para-hydroxylation sites is 3. The van der Waals surface area contributed by atoms with E-state index in [1.165, 1.54) is 12.0 Å². The Balaban J connectivity index is 1.51. The van der Waals surface area contributed by atoms with Crippen LogP contribution in [0.5, 0.6) is 5.75 Å². The maximum atomic E-state index is 14.0. The summed E-state index contributed by atoms with van der Waals surface area (Å²) in [6.45, 7) is 1.29. The van der Waals surface area contributed by atoms with Crippen molar-refractivity contribution in [2.24, 2.45) is 0 Å². The molecular weight excluding hydrogens is 480 g/mol. The molecule has 2 aliphatic heterocycles. The monoisotopic (exact) mass is 510 g/mol.